The molecule has 0 heterocycles. The first kappa shape index (κ1) is 14.0. The molecule has 0 amide bonds. The van der Waals surface area contributed by atoms with Crippen LogP contribution in [0.1, 0.15) is 26.3 Å². The van der Waals surface area contributed by atoms with E-state index < -0.39 is 0 Å². The molecule has 1 rings (SSSR count). The van der Waals surface area contributed by atoms with Crippen LogP contribution in [-0.2, 0) is 0 Å². The van der Waals surface area contributed by atoms with E-state index in [1.807, 2.05) is 6.92 Å². The molecule has 1 aromatic carbocycles. The van der Waals surface area contributed by atoms with Gasteiger partial charge < -0.3 is 10.1 Å². The summed E-state index contributed by atoms with van der Waals surface area (Å²) in [7, 11) is 0. The predicted molar refractivity (Wildman–Crippen MR) is 68.9 cm³/mol. The van der Waals surface area contributed by atoms with Gasteiger partial charge in [0.1, 0.15) is 6.61 Å². The highest BCUT2D eigenvalue weighted by atomic mass is 19.1. The van der Waals surface area contributed by atoms with Gasteiger partial charge >= 0.3 is 0 Å². The standard InChI is InChI=1S/C14H22FNO/c1-10(2)12(4)16-7-8-17-14-9-11(3)5-6-13(14)15/h5-6,9-10,12,16H,7-8H2,1-4H3. The fourth-order valence-electron chi connectivity index (χ4n) is 1.40. The van der Waals surface area contributed by atoms with Gasteiger partial charge in [-0.25, -0.2) is 4.39 Å². The molecule has 1 N–H and O–H groups in total. The van der Waals surface area contributed by atoms with Crippen LogP contribution < -0.4 is 10.1 Å². The Bertz CT molecular complexity index is 352. The van der Waals surface area contributed by atoms with Gasteiger partial charge in [-0.3, -0.25) is 0 Å². The Kier molecular flexibility index (Phi) is 5.42. The van der Waals surface area contributed by atoms with Crippen LogP contribution in [0.25, 0.3) is 0 Å². The summed E-state index contributed by atoms with van der Waals surface area (Å²) in [6.45, 7) is 9.60. The number of halogens is 1. The van der Waals surface area contributed by atoms with Crippen LogP contribution in [0.4, 0.5) is 4.39 Å². The van der Waals surface area contributed by atoms with E-state index in [9.17, 15) is 4.39 Å². The molecule has 1 atom stereocenters. The van der Waals surface area contributed by atoms with Gasteiger partial charge in [0.25, 0.3) is 0 Å². The Balaban J connectivity index is 2.33. The number of rotatable bonds is 6. The zero-order chi connectivity index (χ0) is 12.8. The average molecular weight is 239 g/mol. The first-order chi connectivity index (χ1) is 8.00. The third-order valence-electron chi connectivity index (χ3n) is 2.91. The number of benzene rings is 1. The molecule has 1 aromatic rings. The van der Waals surface area contributed by atoms with Crippen molar-refractivity contribution >= 4 is 0 Å². The molecule has 0 saturated carbocycles. The Hall–Kier alpha value is -1.09. The van der Waals surface area contributed by atoms with Crippen molar-refractivity contribution in [2.45, 2.75) is 33.7 Å². The minimum Gasteiger partial charge on any atom is -0.489 e. The van der Waals surface area contributed by atoms with E-state index >= 15 is 0 Å². The third-order valence-corrected chi connectivity index (χ3v) is 2.91. The summed E-state index contributed by atoms with van der Waals surface area (Å²) in [6.07, 6.45) is 0. The Labute approximate surface area is 103 Å². The maximum Gasteiger partial charge on any atom is 0.165 e. The van der Waals surface area contributed by atoms with Crippen LogP contribution in [0.5, 0.6) is 5.75 Å². The lowest BCUT2D eigenvalue weighted by atomic mass is 10.1. The molecule has 2 nitrogen and oxygen atoms in total. The van der Waals surface area contributed by atoms with Gasteiger partial charge in [-0.05, 0) is 37.5 Å². The molecule has 0 aliphatic rings. The molecule has 96 valence electrons. The second-order valence-corrected chi connectivity index (χ2v) is 4.77. The molecule has 17 heavy (non-hydrogen) atoms. The minimum atomic E-state index is -0.299. The first-order valence-corrected chi connectivity index (χ1v) is 6.13. The second-order valence-electron chi connectivity index (χ2n) is 4.77. The highest BCUT2D eigenvalue weighted by molar-refractivity contribution is 5.29. The molecule has 0 spiro atoms. The summed E-state index contributed by atoms with van der Waals surface area (Å²) in [5, 5.41) is 3.34. The van der Waals surface area contributed by atoms with Crippen LogP contribution in [0.2, 0.25) is 0 Å². The Morgan fingerprint density at radius 3 is 2.65 bits per heavy atom. The van der Waals surface area contributed by atoms with Crippen molar-refractivity contribution in [3.05, 3.63) is 29.6 Å². The zero-order valence-electron chi connectivity index (χ0n) is 11.1. The monoisotopic (exact) mass is 239 g/mol. The first-order valence-electron chi connectivity index (χ1n) is 6.13. The van der Waals surface area contributed by atoms with Gasteiger partial charge in [0.2, 0.25) is 0 Å². The highest BCUT2D eigenvalue weighted by Gasteiger charge is 2.06. The summed E-state index contributed by atoms with van der Waals surface area (Å²) in [5.74, 6) is 0.627. The molecule has 3 heteroatoms. The smallest absolute Gasteiger partial charge is 0.165 e. The molecule has 0 fully saturated rings. The van der Waals surface area contributed by atoms with Gasteiger partial charge in [0.05, 0.1) is 0 Å². The largest absolute Gasteiger partial charge is 0.489 e. The summed E-state index contributed by atoms with van der Waals surface area (Å²) in [5.41, 5.74) is 1.00. The van der Waals surface area contributed by atoms with Crippen LogP contribution in [0.15, 0.2) is 18.2 Å². The van der Waals surface area contributed by atoms with Crippen LogP contribution in [-0.4, -0.2) is 19.2 Å². The second kappa shape index (κ2) is 6.60. The average Bonchev–Trinajstić information content (AvgIpc) is 2.28. The fraction of sp³-hybridized carbons (Fsp3) is 0.571. The van der Waals surface area contributed by atoms with Crippen LogP contribution in [0.3, 0.4) is 0 Å². The normalized spacial score (nSPS) is 12.8. The summed E-state index contributed by atoms with van der Waals surface area (Å²) >= 11 is 0. The summed E-state index contributed by atoms with van der Waals surface area (Å²) in [6, 6.07) is 5.35. The predicted octanol–water partition coefficient (Wildman–Crippen LogP) is 3.15. The Morgan fingerprint density at radius 2 is 2.00 bits per heavy atom. The molecule has 0 saturated heterocycles. The van der Waals surface area contributed by atoms with E-state index in [0.29, 0.717) is 24.3 Å². The van der Waals surface area contributed by atoms with Crippen molar-refractivity contribution in [1.29, 1.82) is 0 Å². The summed E-state index contributed by atoms with van der Waals surface area (Å²) in [4.78, 5) is 0. The molecular formula is C14H22FNO. The molecule has 0 aliphatic heterocycles. The quantitative estimate of drug-likeness (QED) is 0.770. The van der Waals surface area contributed by atoms with E-state index in [-0.39, 0.29) is 5.82 Å². The van der Waals surface area contributed by atoms with Crippen LogP contribution >= 0.6 is 0 Å². The maximum absolute atomic E-state index is 13.3. The van der Waals surface area contributed by atoms with Crippen molar-refractivity contribution in [3.63, 3.8) is 0 Å². The molecule has 0 aliphatic carbocycles. The van der Waals surface area contributed by atoms with Gasteiger partial charge in [0.15, 0.2) is 11.6 Å². The number of ether oxygens (including phenoxy) is 1. The fourth-order valence-corrected chi connectivity index (χ4v) is 1.40. The SMILES string of the molecule is Cc1ccc(F)c(OCCNC(C)C(C)C)c1. The molecular weight excluding hydrogens is 217 g/mol. The third kappa shape index (κ3) is 4.73. The van der Waals surface area contributed by atoms with E-state index in [4.69, 9.17) is 4.74 Å². The number of hydrogen-bond donors (Lipinski definition) is 1. The lowest BCUT2D eigenvalue weighted by molar-refractivity contribution is 0.284. The Morgan fingerprint density at radius 1 is 1.29 bits per heavy atom. The van der Waals surface area contributed by atoms with Gasteiger partial charge in [-0.1, -0.05) is 19.9 Å². The van der Waals surface area contributed by atoms with Crippen molar-refractivity contribution < 1.29 is 9.13 Å². The van der Waals surface area contributed by atoms with E-state index in [2.05, 4.69) is 26.1 Å². The molecule has 0 aromatic heterocycles. The van der Waals surface area contributed by atoms with Gasteiger partial charge in [-0.2, -0.15) is 0 Å². The van der Waals surface area contributed by atoms with Crippen molar-refractivity contribution in [3.8, 4) is 5.75 Å². The number of aryl methyl sites for hydroxylation is 1. The van der Waals surface area contributed by atoms with E-state index in [0.717, 1.165) is 12.1 Å². The number of hydrogen-bond acceptors (Lipinski definition) is 2. The van der Waals surface area contributed by atoms with Gasteiger partial charge in [0, 0.05) is 12.6 Å². The molecule has 0 bridgehead atoms. The van der Waals surface area contributed by atoms with Gasteiger partial charge in [-0.15, -0.1) is 0 Å². The maximum atomic E-state index is 13.3. The lowest BCUT2D eigenvalue weighted by Crippen LogP contribution is -2.33. The van der Waals surface area contributed by atoms with E-state index in [1.165, 1.54) is 6.07 Å². The lowest BCUT2D eigenvalue weighted by Gasteiger charge is -2.17. The number of nitrogens with one attached hydrogen (secondary N) is 1. The zero-order valence-corrected chi connectivity index (χ0v) is 11.1. The highest BCUT2D eigenvalue weighted by Crippen LogP contribution is 2.17. The molecule has 0 radical (unpaired) electrons. The summed E-state index contributed by atoms with van der Waals surface area (Å²) < 4.78 is 18.7. The van der Waals surface area contributed by atoms with Crippen molar-refractivity contribution in [2.75, 3.05) is 13.2 Å². The van der Waals surface area contributed by atoms with E-state index in [1.54, 1.807) is 12.1 Å². The minimum absolute atomic E-state index is 0.299. The van der Waals surface area contributed by atoms with Crippen LogP contribution in [0, 0.1) is 18.7 Å². The topological polar surface area (TPSA) is 21.3 Å². The molecule has 1 unspecified atom stereocenters. The van der Waals surface area contributed by atoms with Crippen molar-refractivity contribution in [1.82, 2.24) is 5.32 Å². The van der Waals surface area contributed by atoms with Crippen molar-refractivity contribution in [2.24, 2.45) is 5.92 Å².